The van der Waals surface area contributed by atoms with Gasteiger partial charge in [0.2, 0.25) is 0 Å². The predicted octanol–water partition coefficient (Wildman–Crippen LogP) is 3.44. The molecule has 0 aromatic carbocycles. The van der Waals surface area contributed by atoms with Gasteiger partial charge in [0, 0.05) is 55.6 Å². The van der Waals surface area contributed by atoms with Gasteiger partial charge in [0.05, 0.1) is 30.4 Å². The zero-order chi connectivity index (χ0) is 24.4. The van der Waals surface area contributed by atoms with Crippen LogP contribution in [0.2, 0.25) is 0 Å². The van der Waals surface area contributed by atoms with Crippen LogP contribution in [-0.2, 0) is 18.3 Å². The summed E-state index contributed by atoms with van der Waals surface area (Å²) in [6.45, 7) is 5.60. The molecule has 4 aromatic heterocycles. The van der Waals surface area contributed by atoms with Gasteiger partial charge in [-0.25, -0.2) is 4.98 Å². The average Bonchev–Trinajstić information content (AvgIpc) is 3.49. The van der Waals surface area contributed by atoms with Gasteiger partial charge >= 0.3 is 0 Å². The third kappa shape index (κ3) is 4.87. The first-order valence-electron chi connectivity index (χ1n) is 11.5. The van der Waals surface area contributed by atoms with Gasteiger partial charge in [0.15, 0.2) is 0 Å². The second-order valence-electron chi connectivity index (χ2n) is 8.76. The number of rotatable bonds is 8. The van der Waals surface area contributed by atoms with E-state index in [-0.39, 0.29) is 0 Å². The average molecular weight is 472 g/mol. The third-order valence-corrected chi connectivity index (χ3v) is 5.79. The van der Waals surface area contributed by atoms with E-state index in [1.165, 1.54) is 5.57 Å². The van der Waals surface area contributed by atoms with Crippen molar-refractivity contribution in [2.75, 3.05) is 19.0 Å². The largest absolute Gasteiger partial charge is 0.383 e. The highest BCUT2D eigenvalue weighted by molar-refractivity contribution is 5.86. The smallest absolute Gasteiger partial charge is 0.132 e. The molecule has 10 nitrogen and oxygen atoms in total. The molecular weight excluding hydrogens is 442 g/mol. The Morgan fingerprint density at radius 3 is 2.83 bits per heavy atom. The van der Waals surface area contributed by atoms with Crippen LogP contribution in [-0.4, -0.2) is 43.2 Å². The van der Waals surface area contributed by atoms with Crippen molar-refractivity contribution in [2.24, 2.45) is 13.0 Å². The van der Waals surface area contributed by atoms with Gasteiger partial charge in [0.25, 0.3) is 0 Å². The first-order valence-corrected chi connectivity index (χ1v) is 11.5. The minimum absolute atomic E-state index is 0.415. The van der Waals surface area contributed by atoms with Crippen LogP contribution in [0.1, 0.15) is 13.8 Å². The van der Waals surface area contributed by atoms with Gasteiger partial charge in [-0.1, -0.05) is 13.8 Å². The highest BCUT2D eigenvalue weighted by Gasteiger charge is 2.16. The van der Waals surface area contributed by atoms with Crippen molar-refractivity contribution >= 4 is 16.9 Å². The summed E-state index contributed by atoms with van der Waals surface area (Å²) in [4.78, 5) is 9.47. The molecule has 180 valence electrons. The van der Waals surface area contributed by atoms with Gasteiger partial charge in [0.1, 0.15) is 17.3 Å². The van der Waals surface area contributed by atoms with E-state index in [9.17, 15) is 0 Å². The van der Waals surface area contributed by atoms with Crippen molar-refractivity contribution < 1.29 is 4.74 Å². The maximum Gasteiger partial charge on any atom is 0.132 e. The highest BCUT2D eigenvalue weighted by atomic mass is 16.5. The number of nitrogens with one attached hydrogen (secondary N) is 3. The molecule has 0 saturated carbocycles. The summed E-state index contributed by atoms with van der Waals surface area (Å²) in [6.07, 6.45) is 11.7. The molecule has 1 aliphatic rings. The third-order valence-electron chi connectivity index (χ3n) is 5.79. The quantitative estimate of drug-likeness (QED) is 0.359. The van der Waals surface area contributed by atoms with Crippen LogP contribution < -0.4 is 16.2 Å². The Morgan fingerprint density at radius 2 is 2.00 bits per heavy atom. The molecule has 0 saturated heterocycles. The molecule has 1 aliphatic heterocycles. The monoisotopic (exact) mass is 471 g/mol. The van der Waals surface area contributed by atoms with E-state index in [0.29, 0.717) is 19.1 Å². The van der Waals surface area contributed by atoms with Crippen molar-refractivity contribution in [2.45, 2.75) is 20.4 Å². The van der Waals surface area contributed by atoms with Gasteiger partial charge in [-0.15, -0.1) is 0 Å². The topological polar surface area (TPSA) is 107 Å². The lowest BCUT2D eigenvalue weighted by Gasteiger charge is -2.20. The van der Waals surface area contributed by atoms with E-state index in [1.54, 1.807) is 11.8 Å². The Bertz CT molecular complexity index is 1410. The molecule has 5 rings (SSSR count). The van der Waals surface area contributed by atoms with Gasteiger partial charge < -0.3 is 15.5 Å². The number of aryl methyl sites for hydroxylation is 1. The van der Waals surface area contributed by atoms with Crippen molar-refractivity contribution in [3.63, 3.8) is 0 Å². The minimum Gasteiger partial charge on any atom is -0.383 e. The molecule has 0 radical (unpaired) electrons. The van der Waals surface area contributed by atoms with Crippen molar-refractivity contribution in [1.29, 1.82) is 0 Å². The number of allylic oxidation sites excluding steroid dienone is 2. The van der Waals surface area contributed by atoms with Crippen LogP contribution in [0.5, 0.6) is 0 Å². The molecule has 3 N–H and O–H groups in total. The lowest BCUT2D eigenvalue weighted by molar-refractivity contribution is 0.183. The van der Waals surface area contributed by atoms with Crippen molar-refractivity contribution in [1.82, 2.24) is 40.4 Å². The normalized spacial score (nSPS) is 13.4. The Labute approximate surface area is 203 Å². The first-order chi connectivity index (χ1) is 17.0. The second-order valence-corrected chi connectivity index (χ2v) is 8.76. The fourth-order valence-corrected chi connectivity index (χ4v) is 3.91. The van der Waals surface area contributed by atoms with Crippen LogP contribution >= 0.6 is 0 Å². The van der Waals surface area contributed by atoms with Crippen LogP contribution in [0.3, 0.4) is 0 Å². The second kappa shape index (κ2) is 9.59. The fraction of sp³-hybridized carbons (Fsp3) is 0.280. The maximum atomic E-state index is 5.16. The Balaban J connectivity index is 1.45. The number of anilines is 1. The number of hydrazine groups is 1. The van der Waals surface area contributed by atoms with Crippen LogP contribution in [0.4, 0.5) is 5.82 Å². The number of aromatic nitrogens is 6. The van der Waals surface area contributed by atoms with Crippen molar-refractivity contribution in [3.8, 4) is 22.4 Å². The lowest BCUT2D eigenvalue weighted by Crippen LogP contribution is -2.33. The summed E-state index contributed by atoms with van der Waals surface area (Å²) < 4.78 is 8.82. The van der Waals surface area contributed by atoms with E-state index in [0.717, 1.165) is 45.1 Å². The molecule has 0 spiro atoms. The summed E-state index contributed by atoms with van der Waals surface area (Å²) in [7, 11) is 3.60. The summed E-state index contributed by atoms with van der Waals surface area (Å²) >= 11 is 0. The van der Waals surface area contributed by atoms with Gasteiger partial charge in [-0.2, -0.15) is 10.2 Å². The molecule has 0 bridgehead atoms. The van der Waals surface area contributed by atoms with E-state index in [2.05, 4.69) is 46.2 Å². The van der Waals surface area contributed by atoms with Gasteiger partial charge in [-0.3, -0.25) is 19.8 Å². The van der Waals surface area contributed by atoms with E-state index < -0.39 is 0 Å². The van der Waals surface area contributed by atoms with Crippen molar-refractivity contribution in [3.05, 3.63) is 66.7 Å². The summed E-state index contributed by atoms with van der Waals surface area (Å²) in [6, 6.07) is 5.94. The molecule has 5 heterocycles. The molecule has 0 fully saturated rings. The van der Waals surface area contributed by atoms with E-state index >= 15 is 0 Å². The van der Waals surface area contributed by atoms with Crippen LogP contribution in [0, 0.1) is 5.92 Å². The summed E-state index contributed by atoms with van der Waals surface area (Å²) in [5.74, 6) is 1.98. The molecule has 0 aliphatic carbocycles. The molecule has 0 atom stereocenters. The summed E-state index contributed by atoms with van der Waals surface area (Å²) in [5, 5.41) is 12.5. The van der Waals surface area contributed by atoms with Crippen LogP contribution in [0.25, 0.3) is 33.4 Å². The Morgan fingerprint density at radius 1 is 1.11 bits per heavy atom. The number of hydrogen-bond acceptors (Lipinski definition) is 8. The fourth-order valence-electron chi connectivity index (χ4n) is 3.91. The number of nitrogens with zero attached hydrogens (tertiary/aromatic N) is 6. The Kier molecular flexibility index (Phi) is 6.19. The highest BCUT2D eigenvalue weighted by Crippen LogP contribution is 2.31. The number of fused-ring (bicyclic) bond motifs is 1. The summed E-state index contributed by atoms with van der Waals surface area (Å²) in [5.41, 5.74) is 12.7. The first kappa shape index (κ1) is 22.6. The molecule has 0 unspecified atom stereocenters. The number of hydrogen-bond donors (Lipinski definition) is 3. The maximum absolute atomic E-state index is 5.16. The zero-order valence-electron chi connectivity index (χ0n) is 20.3. The van der Waals surface area contributed by atoms with E-state index in [1.807, 2.05) is 60.9 Å². The lowest BCUT2D eigenvalue weighted by atomic mass is 10.0. The molecule has 0 amide bonds. The zero-order valence-corrected chi connectivity index (χ0v) is 20.3. The standard InChI is InChI=1S/C25H29N9O/c1-16(2)17-10-24(31-27-12-17)30-23-6-5-21-22(29-23)9-18(11-26-21)20-15-33(3)32-25(20)19-13-28-34(14-19)7-8-35-4/h5-6,9-16,27,31H,7-8H2,1-4H3,(H,29,30). The number of pyridine rings is 2. The predicted molar refractivity (Wildman–Crippen MR) is 136 cm³/mol. The number of ether oxygens (including phenoxy) is 1. The Hall–Kier alpha value is -4.18. The SMILES string of the molecule is COCCn1cc(-c2nn(C)cc2-c2cnc3ccc(NC4=CC(C(C)C)=CNN4)nc3c2)cn1. The molecular formula is C25H29N9O. The molecule has 35 heavy (non-hydrogen) atoms. The van der Waals surface area contributed by atoms with Gasteiger partial charge in [-0.05, 0) is 35.8 Å². The molecule has 4 aromatic rings. The van der Waals surface area contributed by atoms with E-state index in [4.69, 9.17) is 14.8 Å². The minimum atomic E-state index is 0.415. The van der Waals surface area contributed by atoms with Crippen LogP contribution in [0.15, 0.2) is 66.7 Å². The molecule has 10 heteroatoms. The number of methoxy groups -OCH3 is 1.